The third-order valence-electron chi connectivity index (χ3n) is 2.55. The Hall–Kier alpha value is -1.96. The number of rotatable bonds is 7. The van der Waals surface area contributed by atoms with E-state index >= 15 is 0 Å². The second-order valence-corrected chi connectivity index (χ2v) is 6.09. The standard InChI is InChI=1S/C13H17FN2O4S/c1-20-13(17)5-3-4-12(15-16-21(2,18)19)10-6-8-11(14)9-7-10/h6-9,16H,3-5H2,1-2H3/b15-12-. The SMILES string of the molecule is COC(=O)CCC/C(=N/NS(C)(=O)=O)c1ccc(F)cc1. The number of carbonyl (C=O) groups is 1. The van der Waals surface area contributed by atoms with Gasteiger partial charge in [0.1, 0.15) is 5.82 Å². The van der Waals surface area contributed by atoms with Gasteiger partial charge < -0.3 is 4.74 Å². The number of hydrazone groups is 1. The lowest BCUT2D eigenvalue weighted by Gasteiger charge is -2.07. The molecule has 1 aromatic carbocycles. The number of halogens is 1. The lowest BCUT2D eigenvalue weighted by Crippen LogP contribution is -2.19. The Morgan fingerprint density at radius 2 is 1.90 bits per heavy atom. The molecule has 116 valence electrons. The van der Waals surface area contributed by atoms with Gasteiger partial charge in [-0.2, -0.15) is 5.10 Å². The van der Waals surface area contributed by atoms with Gasteiger partial charge in [-0.3, -0.25) is 4.79 Å². The highest BCUT2D eigenvalue weighted by atomic mass is 32.2. The molecule has 0 bridgehead atoms. The van der Waals surface area contributed by atoms with Crippen LogP contribution < -0.4 is 4.83 Å². The van der Waals surface area contributed by atoms with Crippen LogP contribution in [0.5, 0.6) is 0 Å². The van der Waals surface area contributed by atoms with Gasteiger partial charge in [0.15, 0.2) is 0 Å². The Bertz CT molecular complexity index is 612. The molecule has 0 spiro atoms. The minimum atomic E-state index is -3.48. The van der Waals surface area contributed by atoms with Crippen molar-refractivity contribution in [2.75, 3.05) is 13.4 Å². The molecule has 1 N–H and O–H groups in total. The quantitative estimate of drug-likeness (QED) is 0.468. The number of ether oxygens (including phenoxy) is 1. The number of sulfonamides is 1. The van der Waals surface area contributed by atoms with Crippen molar-refractivity contribution in [3.8, 4) is 0 Å². The van der Waals surface area contributed by atoms with Crippen LogP contribution in [0.3, 0.4) is 0 Å². The summed E-state index contributed by atoms with van der Waals surface area (Å²) >= 11 is 0. The maximum atomic E-state index is 12.9. The summed E-state index contributed by atoms with van der Waals surface area (Å²) in [4.78, 5) is 13.1. The molecule has 0 heterocycles. The molecule has 0 aliphatic heterocycles. The van der Waals surface area contributed by atoms with Crippen LogP contribution >= 0.6 is 0 Å². The molecule has 0 unspecified atom stereocenters. The van der Waals surface area contributed by atoms with Gasteiger partial charge in [0.2, 0.25) is 10.0 Å². The average molecular weight is 316 g/mol. The van der Waals surface area contributed by atoms with Gasteiger partial charge in [0.05, 0.1) is 19.1 Å². The molecule has 1 rings (SSSR count). The number of hydrogen-bond acceptors (Lipinski definition) is 5. The van der Waals surface area contributed by atoms with E-state index in [0.29, 0.717) is 24.1 Å². The molecular weight excluding hydrogens is 299 g/mol. The molecule has 6 nitrogen and oxygen atoms in total. The molecule has 0 amide bonds. The summed E-state index contributed by atoms with van der Waals surface area (Å²) in [5.74, 6) is -0.756. The van der Waals surface area contributed by atoms with Gasteiger partial charge in [0.25, 0.3) is 0 Å². The molecule has 0 atom stereocenters. The first-order valence-corrected chi connectivity index (χ1v) is 8.07. The third kappa shape index (κ3) is 6.84. The fourth-order valence-electron chi connectivity index (χ4n) is 1.55. The molecule has 0 aliphatic carbocycles. The predicted octanol–water partition coefficient (Wildman–Crippen LogP) is 1.42. The summed E-state index contributed by atoms with van der Waals surface area (Å²) in [5.41, 5.74) is 1.00. The van der Waals surface area contributed by atoms with Crippen molar-refractivity contribution >= 4 is 21.7 Å². The summed E-state index contributed by atoms with van der Waals surface area (Å²) in [6.07, 6.45) is 1.96. The van der Waals surface area contributed by atoms with Crippen molar-refractivity contribution in [2.24, 2.45) is 5.10 Å². The van der Waals surface area contributed by atoms with E-state index in [9.17, 15) is 17.6 Å². The van der Waals surface area contributed by atoms with E-state index in [1.807, 2.05) is 4.83 Å². The van der Waals surface area contributed by atoms with Gasteiger partial charge in [-0.1, -0.05) is 12.1 Å². The molecule has 0 aromatic heterocycles. The summed E-state index contributed by atoms with van der Waals surface area (Å²) in [5, 5.41) is 3.82. The Kier molecular flexibility index (Phi) is 6.29. The van der Waals surface area contributed by atoms with Crippen LogP contribution in [-0.2, 0) is 19.6 Å². The second kappa shape index (κ2) is 7.72. The number of nitrogens with one attached hydrogen (secondary N) is 1. The highest BCUT2D eigenvalue weighted by molar-refractivity contribution is 7.88. The van der Waals surface area contributed by atoms with Crippen LogP contribution in [0, 0.1) is 5.82 Å². The van der Waals surface area contributed by atoms with E-state index in [1.165, 1.54) is 31.4 Å². The maximum Gasteiger partial charge on any atom is 0.305 e. The van der Waals surface area contributed by atoms with E-state index in [-0.39, 0.29) is 12.4 Å². The summed E-state index contributed by atoms with van der Waals surface area (Å²) in [6.45, 7) is 0. The molecule has 0 saturated carbocycles. The van der Waals surface area contributed by atoms with Crippen molar-refractivity contribution < 1.29 is 22.3 Å². The number of carbonyl (C=O) groups excluding carboxylic acids is 1. The smallest absolute Gasteiger partial charge is 0.305 e. The lowest BCUT2D eigenvalue weighted by atomic mass is 10.0. The van der Waals surface area contributed by atoms with Crippen molar-refractivity contribution in [2.45, 2.75) is 19.3 Å². The topological polar surface area (TPSA) is 84.8 Å². The van der Waals surface area contributed by atoms with Crippen molar-refractivity contribution in [3.63, 3.8) is 0 Å². The van der Waals surface area contributed by atoms with Gasteiger partial charge >= 0.3 is 5.97 Å². The zero-order valence-corrected chi connectivity index (χ0v) is 12.6. The Labute approximate surface area is 123 Å². The number of nitrogens with zero attached hydrogens (tertiary/aromatic N) is 1. The number of benzene rings is 1. The first-order chi connectivity index (χ1) is 9.81. The second-order valence-electron chi connectivity index (χ2n) is 4.36. The first-order valence-electron chi connectivity index (χ1n) is 6.18. The molecule has 0 aliphatic rings. The Morgan fingerprint density at radius 3 is 2.43 bits per heavy atom. The lowest BCUT2D eigenvalue weighted by molar-refractivity contribution is -0.140. The van der Waals surface area contributed by atoms with Crippen LogP contribution in [0.1, 0.15) is 24.8 Å². The molecule has 8 heteroatoms. The summed E-state index contributed by atoms with van der Waals surface area (Å²) in [7, 11) is -2.19. The van der Waals surface area contributed by atoms with Crippen LogP contribution in [0.2, 0.25) is 0 Å². The molecule has 0 fully saturated rings. The minimum Gasteiger partial charge on any atom is -0.469 e. The van der Waals surface area contributed by atoms with E-state index in [1.54, 1.807) is 0 Å². The molecule has 21 heavy (non-hydrogen) atoms. The van der Waals surface area contributed by atoms with E-state index in [2.05, 4.69) is 9.84 Å². The molecule has 1 aromatic rings. The largest absolute Gasteiger partial charge is 0.469 e. The number of methoxy groups -OCH3 is 1. The Balaban J connectivity index is 2.84. The average Bonchev–Trinajstić information content (AvgIpc) is 2.42. The number of esters is 1. The van der Waals surface area contributed by atoms with Crippen LogP contribution in [-0.4, -0.2) is 33.5 Å². The van der Waals surface area contributed by atoms with E-state index in [4.69, 9.17) is 0 Å². The maximum absolute atomic E-state index is 12.9. The number of hydrogen-bond donors (Lipinski definition) is 1. The highest BCUT2D eigenvalue weighted by Crippen LogP contribution is 2.10. The fraction of sp³-hybridized carbons (Fsp3) is 0.385. The van der Waals surface area contributed by atoms with E-state index < -0.39 is 15.8 Å². The predicted molar refractivity (Wildman–Crippen MR) is 76.8 cm³/mol. The molecule has 0 radical (unpaired) electrons. The Morgan fingerprint density at radius 1 is 1.29 bits per heavy atom. The minimum absolute atomic E-state index is 0.190. The van der Waals surface area contributed by atoms with Crippen LogP contribution in [0.25, 0.3) is 0 Å². The monoisotopic (exact) mass is 316 g/mol. The fourth-order valence-corrected chi connectivity index (χ4v) is 1.82. The summed E-state index contributed by atoms with van der Waals surface area (Å²) in [6, 6.07) is 5.50. The molecular formula is C13H17FN2O4S. The van der Waals surface area contributed by atoms with Crippen LogP contribution in [0.4, 0.5) is 4.39 Å². The first kappa shape index (κ1) is 17.1. The van der Waals surface area contributed by atoms with Crippen LogP contribution in [0.15, 0.2) is 29.4 Å². The normalized spacial score (nSPS) is 12.0. The van der Waals surface area contributed by atoms with E-state index in [0.717, 1.165) is 6.26 Å². The zero-order valence-electron chi connectivity index (χ0n) is 11.8. The van der Waals surface area contributed by atoms with Gasteiger partial charge in [-0.05, 0) is 30.5 Å². The third-order valence-corrected chi connectivity index (χ3v) is 2.97. The zero-order chi connectivity index (χ0) is 15.9. The van der Waals surface area contributed by atoms with Crippen molar-refractivity contribution in [3.05, 3.63) is 35.6 Å². The van der Waals surface area contributed by atoms with Crippen molar-refractivity contribution in [1.29, 1.82) is 0 Å². The summed E-state index contributed by atoms with van der Waals surface area (Å²) < 4.78 is 39.6. The van der Waals surface area contributed by atoms with Crippen molar-refractivity contribution in [1.82, 2.24) is 4.83 Å². The van der Waals surface area contributed by atoms with Gasteiger partial charge in [0, 0.05) is 6.42 Å². The molecule has 0 saturated heterocycles. The highest BCUT2D eigenvalue weighted by Gasteiger charge is 2.08. The van der Waals surface area contributed by atoms with Gasteiger partial charge in [-0.25, -0.2) is 17.6 Å². The van der Waals surface area contributed by atoms with Gasteiger partial charge in [-0.15, -0.1) is 0 Å².